The van der Waals surface area contributed by atoms with E-state index in [2.05, 4.69) is 24.3 Å². The highest BCUT2D eigenvalue weighted by atomic mass is 19.1. The molecule has 4 rings (SSSR count). The number of carbonyl (C=O) groups excluding carboxylic acids is 1. The number of nitrogens with zero attached hydrogens (tertiary/aromatic N) is 3. The van der Waals surface area contributed by atoms with Crippen LogP contribution in [0, 0.1) is 17.6 Å². The summed E-state index contributed by atoms with van der Waals surface area (Å²) in [4.78, 5) is 14.8. The van der Waals surface area contributed by atoms with E-state index in [1.807, 2.05) is 9.58 Å². The van der Waals surface area contributed by atoms with Crippen LogP contribution >= 0.6 is 0 Å². The van der Waals surface area contributed by atoms with Crippen molar-refractivity contribution in [2.24, 2.45) is 5.92 Å². The maximum absolute atomic E-state index is 14.0. The topological polar surface area (TPSA) is 50.2 Å². The van der Waals surface area contributed by atoms with Crippen LogP contribution in [0.25, 0.3) is 0 Å². The molecule has 1 unspecified atom stereocenters. The van der Waals surface area contributed by atoms with Crippen molar-refractivity contribution in [1.29, 1.82) is 0 Å². The van der Waals surface area contributed by atoms with Gasteiger partial charge in [0, 0.05) is 37.7 Å². The first-order valence-electron chi connectivity index (χ1n) is 9.99. The van der Waals surface area contributed by atoms with Gasteiger partial charge in [-0.25, -0.2) is 8.78 Å². The van der Waals surface area contributed by atoms with Gasteiger partial charge in [-0.15, -0.1) is 0 Å². The normalized spacial score (nSPS) is 19.5. The van der Waals surface area contributed by atoms with Crippen molar-refractivity contribution in [1.82, 2.24) is 15.1 Å². The quantitative estimate of drug-likeness (QED) is 0.821. The molecule has 1 aromatic heterocycles. The highest BCUT2D eigenvalue weighted by molar-refractivity contribution is 5.95. The molecule has 1 N–H and O–H groups in total. The molecular formula is C21H26F2N4O. The summed E-state index contributed by atoms with van der Waals surface area (Å²) in [5.74, 6) is -0.379. The number of hydrogen-bond acceptors (Lipinski definition) is 3. The average Bonchev–Trinajstić information content (AvgIpc) is 3.22. The molecule has 1 aliphatic heterocycles. The molecule has 1 atom stereocenters. The Kier molecular flexibility index (Phi) is 5.08. The summed E-state index contributed by atoms with van der Waals surface area (Å²) in [5, 5.41) is 7.54. The van der Waals surface area contributed by atoms with Crippen molar-refractivity contribution in [3.05, 3.63) is 47.3 Å². The van der Waals surface area contributed by atoms with Crippen molar-refractivity contribution in [3.63, 3.8) is 0 Å². The van der Waals surface area contributed by atoms with Gasteiger partial charge in [0.05, 0.1) is 23.1 Å². The highest BCUT2D eigenvalue weighted by Crippen LogP contribution is 2.42. The Balaban J connectivity index is 1.44. The van der Waals surface area contributed by atoms with E-state index in [1.54, 1.807) is 6.20 Å². The number of nitrogens with one attached hydrogen (secondary N) is 1. The van der Waals surface area contributed by atoms with E-state index in [-0.39, 0.29) is 11.9 Å². The number of amides is 1. The summed E-state index contributed by atoms with van der Waals surface area (Å²) >= 11 is 0. The van der Waals surface area contributed by atoms with Gasteiger partial charge in [0.15, 0.2) is 0 Å². The molecule has 2 aromatic rings. The second kappa shape index (κ2) is 7.53. The third-order valence-corrected chi connectivity index (χ3v) is 5.40. The lowest BCUT2D eigenvalue weighted by Gasteiger charge is -2.20. The van der Waals surface area contributed by atoms with Crippen molar-refractivity contribution in [2.75, 3.05) is 18.0 Å². The van der Waals surface area contributed by atoms with Crippen LogP contribution in [0.15, 0.2) is 24.4 Å². The minimum atomic E-state index is -0.587. The maximum Gasteiger partial charge on any atom is 0.255 e. The summed E-state index contributed by atoms with van der Waals surface area (Å²) < 4.78 is 29.1. The summed E-state index contributed by atoms with van der Waals surface area (Å²) in [6.07, 6.45) is 4.61. The molecule has 1 aromatic carbocycles. The molecule has 5 nitrogen and oxygen atoms in total. The van der Waals surface area contributed by atoms with E-state index in [0.717, 1.165) is 37.6 Å². The summed E-state index contributed by atoms with van der Waals surface area (Å²) in [6, 6.07) is 3.54. The van der Waals surface area contributed by atoms with E-state index in [0.29, 0.717) is 36.2 Å². The van der Waals surface area contributed by atoms with Crippen LogP contribution in [0.1, 0.15) is 55.1 Å². The lowest BCUT2D eigenvalue weighted by atomic mass is 10.1. The van der Waals surface area contributed by atoms with Gasteiger partial charge < -0.3 is 10.2 Å². The first-order valence-corrected chi connectivity index (χ1v) is 9.99. The average molecular weight is 388 g/mol. The Bertz CT molecular complexity index is 875. The molecule has 7 heteroatoms. The van der Waals surface area contributed by atoms with Gasteiger partial charge in [0.1, 0.15) is 11.6 Å². The molecule has 2 aliphatic rings. The maximum atomic E-state index is 14.0. The Morgan fingerprint density at radius 2 is 2.07 bits per heavy atom. The molecule has 0 radical (unpaired) electrons. The van der Waals surface area contributed by atoms with Gasteiger partial charge in [-0.05, 0) is 37.3 Å². The number of hydrogen-bond donors (Lipinski definition) is 1. The van der Waals surface area contributed by atoms with Crippen molar-refractivity contribution >= 4 is 11.6 Å². The van der Waals surface area contributed by atoms with Crippen molar-refractivity contribution in [2.45, 2.75) is 51.6 Å². The van der Waals surface area contributed by atoms with Gasteiger partial charge >= 0.3 is 0 Å². The molecule has 1 saturated heterocycles. The summed E-state index contributed by atoms with van der Waals surface area (Å²) in [5.41, 5.74) is 2.08. The molecule has 28 heavy (non-hydrogen) atoms. The van der Waals surface area contributed by atoms with Gasteiger partial charge in [-0.2, -0.15) is 5.10 Å². The Morgan fingerprint density at radius 1 is 1.29 bits per heavy atom. The monoisotopic (exact) mass is 388 g/mol. The zero-order valence-electron chi connectivity index (χ0n) is 16.3. The fourth-order valence-corrected chi connectivity index (χ4v) is 3.95. The first-order chi connectivity index (χ1) is 13.4. The molecule has 1 aliphatic carbocycles. The lowest BCUT2D eigenvalue weighted by Crippen LogP contribution is -2.37. The molecule has 1 amide bonds. The molecule has 1 saturated carbocycles. The Labute approximate surface area is 163 Å². The second-order valence-electron chi connectivity index (χ2n) is 8.29. The largest absolute Gasteiger partial charge is 0.367 e. The van der Waals surface area contributed by atoms with E-state index in [1.165, 1.54) is 12.1 Å². The molecule has 2 heterocycles. The van der Waals surface area contributed by atoms with Crippen molar-refractivity contribution < 1.29 is 13.6 Å². The predicted molar refractivity (Wildman–Crippen MR) is 103 cm³/mol. The molecule has 2 fully saturated rings. The standard InChI is InChI=1S/C21H26F2N4O/c1-13(2)11-27-20(14-3-4-14)17(10-24-27)21(28)25-16-7-8-26(12-16)19-6-5-15(22)9-18(19)23/h5-6,9-10,13-14,16H,3-4,7-8,11-12H2,1-2H3,(H,25,28). The minimum absolute atomic E-state index is 0.0718. The Morgan fingerprint density at radius 3 is 2.75 bits per heavy atom. The minimum Gasteiger partial charge on any atom is -0.367 e. The molecule has 0 spiro atoms. The smallest absolute Gasteiger partial charge is 0.255 e. The van der Waals surface area contributed by atoms with Gasteiger partial charge in [0.25, 0.3) is 5.91 Å². The predicted octanol–water partition coefficient (Wildman–Crippen LogP) is 3.70. The van der Waals surface area contributed by atoms with Crippen LogP contribution in [-0.4, -0.2) is 34.8 Å². The number of benzene rings is 1. The third kappa shape index (κ3) is 3.88. The number of aromatic nitrogens is 2. The van der Waals surface area contributed by atoms with Gasteiger partial charge in [0.2, 0.25) is 0 Å². The zero-order valence-corrected chi connectivity index (χ0v) is 16.3. The van der Waals surface area contributed by atoms with E-state index in [4.69, 9.17) is 0 Å². The Hall–Kier alpha value is -2.44. The number of rotatable bonds is 6. The van der Waals surface area contributed by atoms with Crippen molar-refractivity contribution in [3.8, 4) is 0 Å². The van der Waals surface area contributed by atoms with E-state index >= 15 is 0 Å². The molecule has 150 valence electrons. The van der Waals surface area contributed by atoms with Crippen LogP contribution in [0.2, 0.25) is 0 Å². The molecule has 0 bridgehead atoms. The van der Waals surface area contributed by atoms with Crippen LogP contribution < -0.4 is 10.2 Å². The van der Waals surface area contributed by atoms with Gasteiger partial charge in [-0.1, -0.05) is 13.8 Å². The number of carbonyl (C=O) groups is 1. The van der Waals surface area contributed by atoms with Crippen LogP contribution in [0.3, 0.4) is 0 Å². The molecular weight excluding hydrogens is 362 g/mol. The fourth-order valence-electron chi connectivity index (χ4n) is 3.95. The fraction of sp³-hybridized carbons (Fsp3) is 0.524. The summed E-state index contributed by atoms with van der Waals surface area (Å²) in [6.45, 7) is 6.21. The lowest BCUT2D eigenvalue weighted by molar-refractivity contribution is 0.0939. The number of halogens is 2. The number of anilines is 1. The van der Waals surface area contributed by atoms with Gasteiger partial charge in [-0.3, -0.25) is 9.48 Å². The van der Waals surface area contributed by atoms with E-state index in [9.17, 15) is 13.6 Å². The third-order valence-electron chi connectivity index (χ3n) is 5.40. The van der Waals surface area contributed by atoms with Crippen LogP contribution in [-0.2, 0) is 6.54 Å². The highest BCUT2D eigenvalue weighted by Gasteiger charge is 2.34. The zero-order chi connectivity index (χ0) is 19.8. The van der Waals surface area contributed by atoms with Crippen LogP contribution in [0.4, 0.5) is 14.5 Å². The summed E-state index contributed by atoms with van der Waals surface area (Å²) in [7, 11) is 0. The first kappa shape index (κ1) is 18.9. The van der Waals surface area contributed by atoms with Crippen LogP contribution in [0.5, 0.6) is 0 Å². The van der Waals surface area contributed by atoms with E-state index < -0.39 is 11.6 Å². The SMILES string of the molecule is CC(C)Cn1ncc(C(=O)NC2CCN(c3ccc(F)cc3F)C2)c1C1CC1. The second-order valence-corrected chi connectivity index (χ2v) is 8.29.